The fraction of sp³-hybridized carbons (Fsp3) is 0.500. The number of hydrogen-bond donors (Lipinski definition) is 1. The van der Waals surface area contributed by atoms with Crippen LogP contribution >= 0.6 is 11.8 Å². The van der Waals surface area contributed by atoms with Crippen molar-refractivity contribution in [3.63, 3.8) is 0 Å². The summed E-state index contributed by atoms with van der Waals surface area (Å²) in [4.78, 5) is 27.4. The summed E-state index contributed by atoms with van der Waals surface area (Å²) in [5.41, 5.74) is 0.850. The van der Waals surface area contributed by atoms with Crippen molar-refractivity contribution in [1.29, 1.82) is 0 Å². The van der Waals surface area contributed by atoms with Gasteiger partial charge in [-0.1, -0.05) is 19.1 Å². The highest BCUT2D eigenvalue weighted by Crippen LogP contribution is 2.36. The molecule has 112 valence electrons. The zero-order chi connectivity index (χ0) is 14.8. The molecule has 0 spiro atoms. The molecule has 0 aromatic heterocycles. The molecule has 3 rings (SSSR count). The number of thioether (sulfide) groups is 1. The summed E-state index contributed by atoms with van der Waals surface area (Å²) in [6.07, 6.45) is 2.43. The van der Waals surface area contributed by atoms with Crippen LogP contribution in [0.1, 0.15) is 26.2 Å². The van der Waals surface area contributed by atoms with Gasteiger partial charge in [-0.25, -0.2) is 0 Å². The minimum Gasteiger partial charge on any atom is -0.343 e. The lowest BCUT2D eigenvalue weighted by molar-refractivity contribution is -0.133. The van der Waals surface area contributed by atoms with E-state index in [4.69, 9.17) is 0 Å². The number of carbonyl (C=O) groups is 2. The van der Waals surface area contributed by atoms with Crippen LogP contribution in [0.3, 0.4) is 0 Å². The molecule has 1 aromatic carbocycles. The Morgan fingerprint density at radius 2 is 2.05 bits per heavy atom. The van der Waals surface area contributed by atoms with E-state index in [-0.39, 0.29) is 17.1 Å². The smallest absolute Gasteiger partial charge is 0.238 e. The fourth-order valence-corrected chi connectivity index (χ4v) is 3.87. The van der Waals surface area contributed by atoms with Gasteiger partial charge in [0, 0.05) is 24.4 Å². The number of carbonyl (C=O) groups excluding carboxylic acids is 2. The van der Waals surface area contributed by atoms with E-state index < -0.39 is 0 Å². The number of nitrogens with zero attached hydrogens (tertiary/aromatic N) is 1. The summed E-state index contributed by atoms with van der Waals surface area (Å²) in [5, 5.41) is 2.58. The first kappa shape index (κ1) is 14.4. The van der Waals surface area contributed by atoms with Crippen molar-refractivity contribution in [2.45, 2.75) is 36.3 Å². The molecular formula is C16H20N2O2S. The van der Waals surface area contributed by atoms with E-state index in [1.807, 2.05) is 29.2 Å². The Bertz CT molecular complexity index is 553. The monoisotopic (exact) mass is 304 g/mol. The third-order valence-corrected chi connectivity index (χ3v) is 5.48. The lowest BCUT2D eigenvalue weighted by atomic mass is 9.99. The third-order valence-electron chi connectivity index (χ3n) is 4.20. The Balaban J connectivity index is 1.63. The molecule has 0 bridgehead atoms. The summed E-state index contributed by atoms with van der Waals surface area (Å²) in [7, 11) is 0. The van der Waals surface area contributed by atoms with Gasteiger partial charge < -0.3 is 10.2 Å². The molecule has 1 fully saturated rings. The molecule has 1 atom stereocenters. The maximum Gasteiger partial charge on any atom is 0.238 e. The number of anilines is 1. The Kier molecular flexibility index (Phi) is 4.19. The first-order chi connectivity index (χ1) is 10.1. The molecular weight excluding hydrogens is 284 g/mol. The molecule has 2 amide bonds. The van der Waals surface area contributed by atoms with Gasteiger partial charge in [-0.05, 0) is 30.9 Å². The Hall–Kier alpha value is -1.49. The number of fused-ring (bicyclic) bond motifs is 1. The number of rotatable bonds is 2. The van der Waals surface area contributed by atoms with Gasteiger partial charge in [-0.2, -0.15) is 0 Å². The van der Waals surface area contributed by atoms with Crippen LogP contribution in [-0.4, -0.2) is 35.1 Å². The first-order valence-electron chi connectivity index (χ1n) is 7.48. The maximum atomic E-state index is 12.4. The van der Waals surface area contributed by atoms with E-state index in [1.165, 1.54) is 11.8 Å². The molecule has 1 saturated heterocycles. The minimum absolute atomic E-state index is 0.0579. The standard InChI is InChI=1S/C16H20N2O2S/c1-11-6-8-18(9-7-11)15(19)10-14-16(20)17-12-4-2-3-5-13(12)21-14/h2-5,11,14H,6-10H2,1H3,(H,17,20)/t14-/m0/s1. The highest BCUT2D eigenvalue weighted by Gasteiger charge is 2.31. The number of nitrogens with one attached hydrogen (secondary N) is 1. The van der Waals surface area contributed by atoms with Gasteiger partial charge in [-0.15, -0.1) is 11.8 Å². The molecule has 21 heavy (non-hydrogen) atoms. The number of hydrogen-bond acceptors (Lipinski definition) is 3. The normalized spacial score (nSPS) is 22.6. The quantitative estimate of drug-likeness (QED) is 0.914. The minimum atomic E-state index is -0.313. The number of benzene rings is 1. The summed E-state index contributed by atoms with van der Waals surface area (Å²) < 4.78 is 0. The molecule has 2 heterocycles. The van der Waals surface area contributed by atoms with Gasteiger partial charge in [0.25, 0.3) is 0 Å². The molecule has 2 aliphatic rings. The van der Waals surface area contributed by atoms with Crippen molar-refractivity contribution in [3.05, 3.63) is 24.3 Å². The molecule has 0 unspecified atom stereocenters. The van der Waals surface area contributed by atoms with E-state index in [0.717, 1.165) is 36.5 Å². The second kappa shape index (κ2) is 6.10. The van der Waals surface area contributed by atoms with E-state index in [0.29, 0.717) is 12.3 Å². The van der Waals surface area contributed by atoms with Crippen molar-refractivity contribution < 1.29 is 9.59 Å². The number of likely N-dealkylation sites (tertiary alicyclic amines) is 1. The summed E-state index contributed by atoms with van der Waals surface area (Å²) in [6, 6.07) is 7.73. The van der Waals surface area contributed by atoms with Crippen LogP contribution in [-0.2, 0) is 9.59 Å². The predicted molar refractivity (Wildman–Crippen MR) is 84.3 cm³/mol. The first-order valence-corrected chi connectivity index (χ1v) is 8.36. The van der Waals surface area contributed by atoms with Gasteiger partial charge in [0.2, 0.25) is 11.8 Å². The van der Waals surface area contributed by atoms with Crippen molar-refractivity contribution in [2.75, 3.05) is 18.4 Å². The Morgan fingerprint density at radius 1 is 1.33 bits per heavy atom. The van der Waals surface area contributed by atoms with E-state index >= 15 is 0 Å². The van der Waals surface area contributed by atoms with Gasteiger partial charge in [0.1, 0.15) is 0 Å². The Labute approximate surface area is 129 Å². The van der Waals surface area contributed by atoms with E-state index in [2.05, 4.69) is 12.2 Å². The van der Waals surface area contributed by atoms with Crippen molar-refractivity contribution in [3.8, 4) is 0 Å². The van der Waals surface area contributed by atoms with Crippen LogP contribution in [0.2, 0.25) is 0 Å². The lowest BCUT2D eigenvalue weighted by Crippen LogP contribution is -2.41. The van der Waals surface area contributed by atoms with Crippen LogP contribution < -0.4 is 5.32 Å². The van der Waals surface area contributed by atoms with Crippen LogP contribution in [0.4, 0.5) is 5.69 Å². The molecule has 0 aliphatic carbocycles. The highest BCUT2D eigenvalue weighted by atomic mass is 32.2. The van der Waals surface area contributed by atoms with E-state index in [9.17, 15) is 9.59 Å². The number of piperidine rings is 1. The average molecular weight is 304 g/mol. The lowest BCUT2D eigenvalue weighted by Gasteiger charge is -2.32. The SMILES string of the molecule is CC1CCN(C(=O)C[C@@H]2Sc3ccccc3NC2=O)CC1. The Morgan fingerprint density at radius 3 is 2.81 bits per heavy atom. The summed E-state index contributed by atoms with van der Waals surface area (Å²) in [5.74, 6) is 0.750. The van der Waals surface area contributed by atoms with Crippen molar-refractivity contribution in [2.24, 2.45) is 5.92 Å². The van der Waals surface area contributed by atoms with Gasteiger partial charge >= 0.3 is 0 Å². The molecule has 0 saturated carbocycles. The molecule has 5 heteroatoms. The van der Waals surface area contributed by atoms with Crippen LogP contribution in [0.25, 0.3) is 0 Å². The van der Waals surface area contributed by atoms with Gasteiger partial charge in [0.05, 0.1) is 10.9 Å². The maximum absolute atomic E-state index is 12.4. The second-order valence-corrected chi connectivity index (χ2v) is 7.10. The topological polar surface area (TPSA) is 49.4 Å². The molecule has 0 radical (unpaired) electrons. The zero-order valence-electron chi connectivity index (χ0n) is 12.2. The third kappa shape index (κ3) is 3.23. The number of amides is 2. The van der Waals surface area contributed by atoms with Crippen LogP contribution in [0.15, 0.2) is 29.2 Å². The van der Waals surface area contributed by atoms with Gasteiger partial charge in [0.15, 0.2) is 0 Å². The molecule has 4 nitrogen and oxygen atoms in total. The zero-order valence-corrected chi connectivity index (χ0v) is 13.0. The number of para-hydroxylation sites is 1. The average Bonchev–Trinajstić information content (AvgIpc) is 2.48. The van der Waals surface area contributed by atoms with Crippen LogP contribution in [0.5, 0.6) is 0 Å². The molecule has 1 N–H and O–H groups in total. The summed E-state index contributed by atoms with van der Waals surface area (Å²) in [6.45, 7) is 3.88. The van der Waals surface area contributed by atoms with E-state index in [1.54, 1.807) is 0 Å². The van der Waals surface area contributed by atoms with Crippen molar-refractivity contribution >= 4 is 29.3 Å². The molecule has 1 aromatic rings. The molecule has 2 aliphatic heterocycles. The summed E-state index contributed by atoms with van der Waals surface area (Å²) >= 11 is 1.50. The fourth-order valence-electron chi connectivity index (χ4n) is 2.77. The predicted octanol–water partition coefficient (Wildman–Crippen LogP) is 2.75. The largest absolute Gasteiger partial charge is 0.343 e. The second-order valence-electron chi connectivity index (χ2n) is 5.86. The van der Waals surface area contributed by atoms with Gasteiger partial charge in [-0.3, -0.25) is 9.59 Å². The van der Waals surface area contributed by atoms with Crippen LogP contribution in [0, 0.1) is 5.92 Å². The van der Waals surface area contributed by atoms with Crippen molar-refractivity contribution in [1.82, 2.24) is 4.90 Å². The highest BCUT2D eigenvalue weighted by molar-refractivity contribution is 8.01.